The lowest BCUT2D eigenvalue weighted by Crippen LogP contribution is -2.43. The Hall–Kier alpha value is -2.20. The summed E-state index contributed by atoms with van der Waals surface area (Å²) in [6.07, 6.45) is -1.36. The van der Waals surface area contributed by atoms with Gasteiger partial charge >= 0.3 is 0 Å². The van der Waals surface area contributed by atoms with Gasteiger partial charge in [-0.25, -0.2) is 0 Å². The molecule has 3 aromatic rings. The Kier molecular flexibility index (Phi) is 10.5. The molecule has 1 saturated heterocycles. The zero-order valence-corrected chi connectivity index (χ0v) is 24.5. The highest BCUT2D eigenvalue weighted by Crippen LogP contribution is 2.39. The molecule has 3 N–H and O–H groups in total. The van der Waals surface area contributed by atoms with E-state index in [1.165, 1.54) is 0 Å². The molecule has 1 aliphatic heterocycles. The standard InChI is InChI=1S/C30H33Cl3N2O5/c1-19(27(37)22-7-4-3-5-8-22)35(2)17-25-16-26(21-13-11-20(18-36)12-14-21)40-28(39-25)23-9-6-10-24(15-23)34-29(38)30(31,32)33/h3-15,19,25-28,36-37H,16-18H2,1-2H3,(H,34,38). The molecule has 1 amide bonds. The predicted molar refractivity (Wildman–Crippen MR) is 157 cm³/mol. The average molecular weight is 608 g/mol. The fourth-order valence-corrected chi connectivity index (χ4v) is 4.80. The zero-order chi connectivity index (χ0) is 28.9. The number of hydrogen-bond acceptors (Lipinski definition) is 6. The Bertz CT molecular complexity index is 1260. The molecule has 0 spiro atoms. The van der Waals surface area contributed by atoms with Gasteiger partial charge in [-0.05, 0) is 42.8 Å². The molecule has 4 rings (SSSR count). The number of ether oxygens (including phenoxy) is 2. The van der Waals surface area contributed by atoms with E-state index in [1.54, 1.807) is 18.2 Å². The highest BCUT2D eigenvalue weighted by atomic mass is 35.6. The first-order chi connectivity index (χ1) is 19.0. The van der Waals surface area contributed by atoms with Crippen molar-refractivity contribution < 1.29 is 24.5 Å². The average Bonchev–Trinajstić information content (AvgIpc) is 2.96. The molecule has 0 bridgehead atoms. The zero-order valence-electron chi connectivity index (χ0n) is 22.2. The number of alkyl halides is 3. The molecule has 10 heteroatoms. The second-order valence-corrected chi connectivity index (χ2v) is 12.2. The third-order valence-electron chi connectivity index (χ3n) is 7.07. The Labute approximate surface area is 249 Å². The lowest BCUT2D eigenvalue weighted by Gasteiger charge is -2.39. The fourth-order valence-electron chi connectivity index (χ4n) is 4.66. The van der Waals surface area contributed by atoms with Crippen LogP contribution in [0, 0.1) is 0 Å². The summed E-state index contributed by atoms with van der Waals surface area (Å²) in [7, 11) is 1.96. The number of nitrogens with one attached hydrogen (secondary N) is 1. The Morgan fingerprint density at radius 2 is 1.73 bits per heavy atom. The molecular formula is C30H33Cl3N2O5. The number of benzene rings is 3. The number of carbonyl (C=O) groups excluding carboxylic acids is 1. The maximum atomic E-state index is 12.2. The van der Waals surface area contributed by atoms with E-state index in [0.717, 1.165) is 16.7 Å². The van der Waals surface area contributed by atoms with Crippen LogP contribution in [-0.2, 0) is 20.9 Å². The molecule has 3 aromatic carbocycles. The molecule has 0 aliphatic carbocycles. The van der Waals surface area contributed by atoms with Crippen molar-refractivity contribution in [1.82, 2.24) is 4.90 Å². The summed E-state index contributed by atoms with van der Waals surface area (Å²) < 4.78 is 10.7. The van der Waals surface area contributed by atoms with E-state index in [-0.39, 0.29) is 24.9 Å². The number of nitrogens with zero attached hydrogens (tertiary/aromatic N) is 1. The Balaban J connectivity index is 1.55. The van der Waals surface area contributed by atoms with Crippen molar-refractivity contribution in [2.24, 2.45) is 0 Å². The third kappa shape index (κ3) is 7.96. The monoisotopic (exact) mass is 606 g/mol. The SMILES string of the molecule is CC(C(O)c1ccccc1)N(C)CC1CC(c2ccc(CO)cc2)OC(c2cccc(NC(=O)C(Cl)(Cl)Cl)c2)O1. The predicted octanol–water partition coefficient (Wildman–Crippen LogP) is 6.09. The van der Waals surface area contributed by atoms with Gasteiger partial charge in [0.15, 0.2) is 6.29 Å². The number of rotatable bonds is 9. The van der Waals surface area contributed by atoms with Crippen LogP contribution in [0.2, 0.25) is 0 Å². The van der Waals surface area contributed by atoms with E-state index >= 15 is 0 Å². The van der Waals surface area contributed by atoms with Gasteiger partial charge in [0.1, 0.15) is 0 Å². The van der Waals surface area contributed by atoms with Gasteiger partial charge in [-0.15, -0.1) is 0 Å². The third-order valence-corrected chi connectivity index (χ3v) is 7.59. The van der Waals surface area contributed by atoms with Crippen molar-refractivity contribution in [2.75, 3.05) is 18.9 Å². The molecule has 7 nitrogen and oxygen atoms in total. The quantitative estimate of drug-likeness (QED) is 0.255. The van der Waals surface area contributed by atoms with Crippen molar-refractivity contribution in [2.45, 2.75) is 54.4 Å². The van der Waals surface area contributed by atoms with Crippen LogP contribution in [0.1, 0.15) is 54.1 Å². The van der Waals surface area contributed by atoms with E-state index in [1.807, 2.05) is 74.6 Å². The topological polar surface area (TPSA) is 91.3 Å². The Morgan fingerprint density at radius 1 is 1.02 bits per heavy atom. The highest BCUT2D eigenvalue weighted by molar-refractivity contribution is 6.76. The van der Waals surface area contributed by atoms with Gasteiger partial charge in [0.25, 0.3) is 9.70 Å². The smallest absolute Gasteiger partial charge is 0.276 e. The molecule has 214 valence electrons. The second kappa shape index (κ2) is 13.6. The largest absolute Gasteiger partial charge is 0.392 e. The molecule has 1 heterocycles. The number of hydrogen-bond donors (Lipinski definition) is 3. The molecule has 0 saturated carbocycles. The van der Waals surface area contributed by atoms with Gasteiger partial charge in [0.05, 0.1) is 24.9 Å². The van der Waals surface area contributed by atoms with Crippen LogP contribution in [0.15, 0.2) is 78.9 Å². The molecule has 5 atom stereocenters. The van der Waals surface area contributed by atoms with Crippen molar-refractivity contribution in [3.05, 3.63) is 101 Å². The first-order valence-corrected chi connectivity index (χ1v) is 14.1. The van der Waals surface area contributed by atoms with Gasteiger partial charge in [0, 0.05) is 30.3 Å². The number of halogens is 3. The van der Waals surface area contributed by atoms with Gasteiger partial charge in [0.2, 0.25) is 0 Å². The summed E-state index contributed by atoms with van der Waals surface area (Å²) in [5.74, 6) is -0.771. The van der Waals surface area contributed by atoms with Crippen LogP contribution in [-0.4, -0.2) is 50.6 Å². The van der Waals surface area contributed by atoms with Crippen LogP contribution in [0.5, 0.6) is 0 Å². The highest BCUT2D eigenvalue weighted by Gasteiger charge is 2.35. The lowest BCUT2D eigenvalue weighted by atomic mass is 9.98. The fraction of sp³-hybridized carbons (Fsp3) is 0.367. The molecule has 1 fully saturated rings. The van der Waals surface area contributed by atoms with Crippen LogP contribution in [0.25, 0.3) is 0 Å². The van der Waals surface area contributed by atoms with E-state index < -0.39 is 22.1 Å². The van der Waals surface area contributed by atoms with E-state index in [2.05, 4.69) is 10.2 Å². The molecular weight excluding hydrogens is 575 g/mol. The molecule has 40 heavy (non-hydrogen) atoms. The maximum Gasteiger partial charge on any atom is 0.276 e. The van der Waals surface area contributed by atoms with Gasteiger partial charge in [-0.2, -0.15) is 0 Å². The summed E-state index contributed by atoms with van der Waals surface area (Å²) in [5, 5.41) is 23.0. The van der Waals surface area contributed by atoms with Crippen molar-refractivity contribution in [3.8, 4) is 0 Å². The van der Waals surface area contributed by atoms with Crippen molar-refractivity contribution in [1.29, 1.82) is 0 Å². The van der Waals surface area contributed by atoms with Gasteiger partial charge in [-0.1, -0.05) is 102 Å². The lowest BCUT2D eigenvalue weighted by molar-refractivity contribution is -0.253. The molecule has 0 aromatic heterocycles. The summed E-state index contributed by atoms with van der Waals surface area (Å²) in [4.78, 5) is 14.3. The molecule has 0 radical (unpaired) electrons. The summed E-state index contributed by atoms with van der Waals surface area (Å²) in [6, 6.07) is 24.0. The van der Waals surface area contributed by atoms with E-state index in [4.69, 9.17) is 44.3 Å². The van der Waals surface area contributed by atoms with Crippen molar-refractivity contribution in [3.63, 3.8) is 0 Å². The van der Waals surface area contributed by atoms with Crippen LogP contribution < -0.4 is 5.32 Å². The normalized spacial score (nSPS) is 21.1. The Morgan fingerprint density at radius 3 is 2.38 bits per heavy atom. The number of anilines is 1. The van der Waals surface area contributed by atoms with E-state index in [9.17, 15) is 15.0 Å². The van der Waals surface area contributed by atoms with Crippen LogP contribution in [0.4, 0.5) is 5.69 Å². The minimum atomic E-state index is -2.10. The second-order valence-electron chi connectivity index (χ2n) is 9.96. The molecule has 5 unspecified atom stereocenters. The number of amides is 1. The first-order valence-electron chi connectivity index (χ1n) is 13.0. The van der Waals surface area contributed by atoms with Crippen molar-refractivity contribution >= 4 is 46.4 Å². The number of aliphatic hydroxyl groups excluding tert-OH is 2. The maximum absolute atomic E-state index is 12.2. The van der Waals surface area contributed by atoms with E-state index in [0.29, 0.717) is 24.2 Å². The minimum absolute atomic E-state index is 0.0424. The first kappa shape index (κ1) is 30.8. The summed E-state index contributed by atoms with van der Waals surface area (Å²) in [5.41, 5.74) is 3.73. The van der Waals surface area contributed by atoms with Crippen LogP contribution in [0.3, 0.4) is 0 Å². The van der Waals surface area contributed by atoms with Crippen LogP contribution >= 0.6 is 34.8 Å². The number of aliphatic hydroxyl groups is 2. The van der Waals surface area contributed by atoms with Gasteiger partial charge in [-0.3, -0.25) is 9.69 Å². The van der Waals surface area contributed by atoms with Gasteiger partial charge < -0.3 is 25.0 Å². The summed E-state index contributed by atoms with van der Waals surface area (Å²) >= 11 is 17.1. The summed E-state index contributed by atoms with van der Waals surface area (Å²) in [6.45, 7) is 2.48. The number of likely N-dealkylation sites (N-methyl/N-ethyl adjacent to an activating group) is 1. The molecule has 1 aliphatic rings. The number of carbonyl (C=O) groups is 1. The minimum Gasteiger partial charge on any atom is -0.392 e.